The normalized spacial score (nSPS) is 17.2. The third-order valence-electron chi connectivity index (χ3n) is 7.95. The van der Waals surface area contributed by atoms with E-state index in [1.807, 2.05) is 37.3 Å². The van der Waals surface area contributed by atoms with E-state index in [9.17, 15) is 23.9 Å². The van der Waals surface area contributed by atoms with Crippen molar-refractivity contribution in [2.45, 2.75) is 51.1 Å². The number of benzene rings is 3. The van der Waals surface area contributed by atoms with Gasteiger partial charge in [-0.2, -0.15) is 0 Å². The summed E-state index contributed by atoms with van der Waals surface area (Å²) < 4.78 is 13.6. The number of rotatable bonds is 11. The molecular weight excluding hydrogens is 535 g/mol. The maximum absolute atomic E-state index is 13.6. The smallest absolute Gasteiger partial charge is 0.324 e. The molecule has 0 spiro atoms. The predicted octanol–water partition coefficient (Wildman–Crippen LogP) is 4.88. The Hall–Kier alpha value is -4.24. The van der Waals surface area contributed by atoms with Crippen LogP contribution >= 0.6 is 0 Å². The second-order valence-corrected chi connectivity index (χ2v) is 10.6. The molecule has 42 heavy (non-hydrogen) atoms. The molecule has 222 valence electrons. The number of nitrogens with zero attached hydrogens (tertiary/aromatic N) is 2. The zero-order valence-corrected chi connectivity index (χ0v) is 23.9. The van der Waals surface area contributed by atoms with Gasteiger partial charge in [0.05, 0.1) is 13.2 Å². The number of halogens is 1. The fourth-order valence-corrected chi connectivity index (χ4v) is 5.68. The van der Waals surface area contributed by atoms with Crippen LogP contribution in [-0.4, -0.2) is 47.5 Å². The Morgan fingerprint density at radius 1 is 0.976 bits per heavy atom. The van der Waals surface area contributed by atoms with Gasteiger partial charge < -0.3 is 21.1 Å². The summed E-state index contributed by atoms with van der Waals surface area (Å²) in [5.41, 5.74) is 8.73. The number of primary amides is 1. The van der Waals surface area contributed by atoms with Crippen molar-refractivity contribution in [1.29, 1.82) is 0 Å². The Balaban J connectivity index is 1.52. The summed E-state index contributed by atoms with van der Waals surface area (Å²) >= 11 is 0. The fraction of sp³-hybridized carbons (Fsp3) is 0.364. The summed E-state index contributed by atoms with van der Waals surface area (Å²) in [4.78, 5) is 42.2. The van der Waals surface area contributed by atoms with Crippen LogP contribution in [0.5, 0.6) is 0 Å². The molecule has 4 amide bonds. The lowest BCUT2D eigenvalue weighted by molar-refractivity contribution is -0.131. The summed E-state index contributed by atoms with van der Waals surface area (Å²) in [5, 5.41) is 12.3. The Labute approximate surface area is 246 Å². The summed E-state index contributed by atoms with van der Waals surface area (Å²) in [7, 11) is 0. The van der Waals surface area contributed by atoms with Crippen molar-refractivity contribution < 1.29 is 23.9 Å². The van der Waals surface area contributed by atoms with E-state index < -0.39 is 17.8 Å². The van der Waals surface area contributed by atoms with Gasteiger partial charge in [-0.3, -0.25) is 14.5 Å². The number of carbonyl (C=O) groups is 3. The molecule has 4 N–H and O–H groups in total. The van der Waals surface area contributed by atoms with E-state index in [0.717, 1.165) is 30.4 Å². The van der Waals surface area contributed by atoms with Crippen LogP contribution in [0.3, 0.4) is 0 Å². The molecule has 0 unspecified atom stereocenters. The highest BCUT2D eigenvalue weighted by Gasteiger charge is 2.34. The second-order valence-electron chi connectivity index (χ2n) is 10.6. The van der Waals surface area contributed by atoms with Gasteiger partial charge in [0, 0.05) is 24.7 Å². The first-order valence-electron chi connectivity index (χ1n) is 14.5. The first kappa shape index (κ1) is 30.7. The molecule has 0 aromatic heterocycles. The molecule has 8 nitrogen and oxygen atoms in total. The number of hydrogen-bond donors (Lipinski definition) is 3. The maximum Gasteiger partial charge on any atom is 0.324 e. The molecule has 1 aliphatic rings. The van der Waals surface area contributed by atoms with E-state index >= 15 is 0 Å². The lowest BCUT2D eigenvalue weighted by atomic mass is 9.74. The van der Waals surface area contributed by atoms with E-state index in [1.165, 1.54) is 17.0 Å². The molecule has 0 saturated heterocycles. The minimum atomic E-state index is -0.896. The molecular formula is C33H39FN4O4. The molecule has 4 rings (SSSR count). The van der Waals surface area contributed by atoms with Crippen LogP contribution in [0.4, 0.5) is 14.9 Å². The van der Waals surface area contributed by atoms with Gasteiger partial charge in [0.1, 0.15) is 11.9 Å². The van der Waals surface area contributed by atoms with Gasteiger partial charge in [-0.25, -0.2) is 9.18 Å². The van der Waals surface area contributed by atoms with Crippen molar-refractivity contribution in [3.63, 3.8) is 0 Å². The Morgan fingerprint density at radius 3 is 2.26 bits per heavy atom. The highest BCUT2D eigenvalue weighted by atomic mass is 19.1. The van der Waals surface area contributed by atoms with Gasteiger partial charge in [-0.1, -0.05) is 67.4 Å². The molecule has 0 aliphatic heterocycles. The third-order valence-corrected chi connectivity index (χ3v) is 7.95. The van der Waals surface area contributed by atoms with Crippen LogP contribution < -0.4 is 16.0 Å². The SMILES string of the molecule is CCN(CCO)C(=O)N(Cc1ccc([C@@H]2CCCC[C@H]2C(=O)N[C@H](C(N)=O)c2ccccc2)cc1)c1ccc(F)cc1. The largest absolute Gasteiger partial charge is 0.395 e. The van der Waals surface area contributed by atoms with E-state index in [2.05, 4.69) is 5.32 Å². The van der Waals surface area contributed by atoms with Gasteiger partial charge in [0.2, 0.25) is 11.8 Å². The lowest BCUT2D eigenvalue weighted by Gasteiger charge is -2.32. The number of amides is 4. The predicted molar refractivity (Wildman–Crippen MR) is 160 cm³/mol. The molecule has 1 saturated carbocycles. The van der Waals surface area contributed by atoms with Crippen LogP contribution in [0, 0.1) is 11.7 Å². The number of anilines is 1. The number of aliphatic hydroxyl groups is 1. The van der Waals surface area contributed by atoms with E-state index in [4.69, 9.17) is 5.73 Å². The number of aliphatic hydroxyl groups excluding tert-OH is 1. The summed E-state index contributed by atoms with van der Waals surface area (Å²) in [6, 6.07) is 21.5. The molecule has 0 radical (unpaired) electrons. The first-order chi connectivity index (χ1) is 20.3. The van der Waals surface area contributed by atoms with Gasteiger partial charge >= 0.3 is 6.03 Å². The molecule has 1 fully saturated rings. The number of hydrogen-bond acceptors (Lipinski definition) is 4. The van der Waals surface area contributed by atoms with Crippen molar-refractivity contribution in [2.75, 3.05) is 24.6 Å². The van der Waals surface area contributed by atoms with Crippen LogP contribution in [0.25, 0.3) is 0 Å². The molecule has 1 aliphatic carbocycles. The van der Waals surface area contributed by atoms with Crippen molar-refractivity contribution in [3.05, 3.63) is 101 Å². The first-order valence-corrected chi connectivity index (χ1v) is 14.5. The van der Waals surface area contributed by atoms with Gasteiger partial charge in [-0.15, -0.1) is 0 Å². The van der Waals surface area contributed by atoms with Crippen LogP contribution in [0.2, 0.25) is 0 Å². The highest BCUT2D eigenvalue weighted by molar-refractivity contribution is 5.92. The monoisotopic (exact) mass is 574 g/mol. The topological polar surface area (TPSA) is 116 Å². The van der Waals surface area contributed by atoms with Crippen molar-refractivity contribution >= 4 is 23.5 Å². The summed E-state index contributed by atoms with van der Waals surface area (Å²) in [5.74, 6) is -1.51. The number of carbonyl (C=O) groups excluding carboxylic acids is 3. The van der Waals surface area contributed by atoms with Gasteiger partial charge in [-0.05, 0) is 66.6 Å². The zero-order chi connectivity index (χ0) is 30.1. The maximum atomic E-state index is 13.6. The van der Waals surface area contributed by atoms with Crippen molar-refractivity contribution in [1.82, 2.24) is 10.2 Å². The third kappa shape index (κ3) is 7.53. The lowest BCUT2D eigenvalue weighted by Crippen LogP contribution is -2.44. The summed E-state index contributed by atoms with van der Waals surface area (Å²) in [6.07, 6.45) is 3.48. The highest BCUT2D eigenvalue weighted by Crippen LogP contribution is 2.38. The van der Waals surface area contributed by atoms with Gasteiger partial charge in [0.25, 0.3) is 0 Å². The Kier molecular flexibility index (Phi) is 10.7. The second kappa shape index (κ2) is 14.6. The number of nitrogens with two attached hydrogens (primary N) is 1. The zero-order valence-electron chi connectivity index (χ0n) is 23.9. The van der Waals surface area contributed by atoms with Crippen LogP contribution in [-0.2, 0) is 16.1 Å². The number of likely N-dealkylation sites (N-methyl/N-ethyl adjacent to an activating group) is 1. The molecule has 3 atom stereocenters. The van der Waals surface area contributed by atoms with E-state index in [0.29, 0.717) is 24.2 Å². The van der Waals surface area contributed by atoms with Crippen LogP contribution in [0.1, 0.15) is 61.3 Å². The van der Waals surface area contributed by atoms with Crippen molar-refractivity contribution in [2.24, 2.45) is 11.7 Å². The average molecular weight is 575 g/mol. The minimum Gasteiger partial charge on any atom is -0.395 e. The fourth-order valence-electron chi connectivity index (χ4n) is 5.68. The molecule has 3 aromatic carbocycles. The average Bonchev–Trinajstić information content (AvgIpc) is 3.02. The Bertz CT molecular complexity index is 1330. The number of nitrogens with one attached hydrogen (secondary N) is 1. The van der Waals surface area contributed by atoms with E-state index in [1.54, 1.807) is 41.3 Å². The van der Waals surface area contributed by atoms with Gasteiger partial charge in [0.15, 0.2) is 0 Å². The quantitative estimate of drug-likeness (QED) is 0.303. The molecule has 9 heteroatoms. The molecule has 0 bridgehead atoms. The van der Waals surface area contributed by atoms with Crippen LogP contribution in [0.15, 0.2) is 78.9 Å². The van der Waals surface area contributed by atoms with Crippen molar-refractivity contribution in [3.8, 4) is 0 Å². The molecule has 3 aromatic rings. The number of urea groups is 1. The standard InChI is InChI=1S/C33H39FN4O4/c1-2-37(20-21-39)33(42)38(27-18-16-26(34)17-19-27)22-23-12-14-24(15-13-23)28-10-6-7-11-29(28)32(41)36-30(31(35)40)25-8-4-3-5-9-25/h3-5,8-9,12-19,28-30,39H,2,6-7,10-11,20-22H2,1H3,(H2,35,40)(H,36,41)/t28-,29+,30-/m0/s1. The Morgan fingerprint density at radius 2 is 1.64 bits per heavy atom. The summed E-state index contributed by atoms with van der Waals surface area (Å²) in [6.45, 7) is 2.54. The minimum absolute atomic E-state index is 0.0212. The van der Waals surface area contributed by atoms with E-state index in [-0.39, 0.29) is 43.5 Å². The molecule has 0 heterocycles.